The lowest BCUT2D eigenvalue weighted by molar-refractivity contribution is -0.121. The van der Waals surface area contributed by atoms with E-state index >= 15 is 0 Å². The predicted octanol–water partition coefficient (Wildman–Crippen LogP) is 4.73. The number of hydrogen-bond donors (Lipinski definition) is 2. The summed E-state index contributed by atoms with van der Waals surface area (Å²) in [5, 5.41) is 6.68. The van der Waals surface area contributed by atoms with Gasteiger partial charge in [-0.3, -0.25) is 4.79 Å². The Morgan fingerprint density at radius 1 is 1.03 bits per heavy atom. The fraction of sp³-hybridized carbons (Fsp3) is 0.192. The number of halogens is 1. The first-order chi connectivity index (χ1) is 16.5. The van der Waals surface area contributed by atoms with Crippen LogP contribution in [0.15, 0.2) is 84.0 Å². The largest absolute Gasteiger partial charge is 0.489 e. The van der Waals surface area contributed by atoms with Crippen molar-refractivity contribution in [2.24, 2.45) is 5.10 Å². The van der Waals surface area contributed by atoms with Crippen LogP contribution in [-0.2, 0) is 16.1 Å². The maximum Gasteiger partial charge on any atom is 0.407 e. The van der Waals surface area contributed by atoms with E-state index in [1.54, 1.807) is 43.3 Å². The molecule has 0 saturated carbocycles. The molecule has 3 rings (SSSR count). The smallest absolute Gasteiger partial charge is 0.407 e. The minimum Gasteiger partial charge on any atom is -0.489 e. The molecule has 3 aromatic rings. The molecule has 3 aromatic carbocycles. The van der Waals surface area contributed by atoms with Gasteiger partial charge in [0.15, 0.2) is 0 Å². The van der Waals surface area contributed by atoms with Crippen molar-refractivity contribution in [2.45, 2.75) is 26.0 Å². The first-order valence-corrected chi connectivity index (χ1v) is 10.8. The maximum atomic E-state index is 13.2. The Bertz CT molecular complexity index is 1100. The molecule has 34 heavy (non-hydrogen) atoms. The van der Waals surface area contributed by atoms with E-state index in [1.165, 1.54) is 18.3 Å². The molecule has 8 heteroatoms. The van der Waals surface area contributed by atoms with Gasteiger partial charge < -0.3 is 14.8 Å². The number of nitrogens with zero attached hydrogens (tertiary/aromatic N) is 1. The van der Waals surface area contributed by atoms with Crippen molar-refractivity contribution in [2.75, 3.05) is 6.61 Å². The summed E-state index contributed by atoms with van der Waals surface area (Å²) in [5.74, 6) is -0.0420. The van der Waals surface area contributed by atoms with E-state index in [0.717, 1.165) is 16.7 Å². The zero-order chi connectivity index (χ0) is 24.2. The molecule has 0 spiro atoms. The van der Waals surface area contributed by atoms with Crippen LogP contribution < -0.4 is 15.5 Å². The van der Waals surface area contributed by atoms with Gasteiger partial charge >= 0.3 is 6.09 Å². The van der Waals surface area contributed by atoms with Crippen LogP contribution in [0.25, 0.3) is 0 Å². The highest BCUT2D eigenvalue weighted by molar-refractivity contribution is 5.83. The number of ether oxygens (including phenoxy) is 2. The monoisotopic (exact) mass is 463 g/mol. The Morgan fingerprint density at radius 3 is 2.50 bits per heavy atom. The van der Waals surface area contributed by atoms with E-state index in [9.17, 15) is 14.0 Å². The Kier molecular flexibility index (Phi) is 9.16. The number of benzene rings is 3. The van der Waals surface area contributed by atoms with Gasteiger partial charge in [0.25, 0.3) is 0 Å². The Balaban J connectivity index is 1.51. The molecule has 0 aromatic heterocycles. The molecule has 0 fully saturated rings. The summed E-state index contributed by atoms with van der Waals surface area (Å²) in [7, 11) is 0. The average molecular weight is 464 g/mol. The number of hydrazone groups is 1. The van der Waals surface area contributed by atoms with E-state index in [4.69, 9.17) is 9.47 Å². The number of rotatable bonds is 10. The highest BCUT2D eigenvalue weighted by atomic mass is 19.1. The molecule has 0 radical (unpaired) electrons. The lowest BCUT2D eigenvalue weighted by atomic mass is 10.0. The summed E-state index contributed by atoms with van der Waals surface area (Å²) in [4.78, 5) is 24.2. The standard InChI is InChI=1S/C26H26FN3O4/c1-2-33-26(32)29-24(21-8-4-3-5-9-21)16-25(31)30-28-17-19-11-13-23(14-12-19)34-18-20-7-6-10-22(27)15-20/h3-15,17,24H,2,16,18H2,1H3,(H,29,32)(H,30,31)/b28-17-/t24-/m0/s1. The number of hydrogen-bond acceptors (Lipinski definition) is 5. The van der Waals surface area contributed by atoms with Crippen LogP contribution in [0.5, 0.6) is 5.75 Å². The van der Waals surface area contributed by atoms with Gasteiger partial charge in [-0.25, -0.2) is 14.6 Å². The molecular weight excluding hydrogens is 437 g/mol. The fourth-order valence-corrected chi connectivity index (χ4v) is 3.11. The molecule has 7 nitrogen and oxygen atoms in total. The third kappa shape index (κ3) is 8.05. The van der Waals surface area contributed by atoms with E-state index in [1.807, 2.05) is 30.3 Å². The molecular formula is C26H26FN3O4. The highest BCUT2D eigenvalue weighted by Gasteiger charge is 2.18. The van der Waals surface area contributed by atoms with E-state index in [2.05, 4.69) is 15.8 Å². The van der Waals surface area contributed by atoms with Crippen LogP contribution in [-0.4, -0.2) is 24.8 Å². The molecule has 0 bridgehead atoms. The van der Waals surface area contributed by atoms with Crippen molar-refractivity contribution in [3.63, 3.8) is 0 Å². The summed E-state index contributed by atoms with van der Waals surface area (Å²) in [6, 6.07) is 21.9. The van der Waals surface area contributed by atoms with Gasteiger partial charge in [-0.15, -0.1) is 0 Å². The molecule has 2 N–H and O–H groups in total. The molecule has 0 heterocycles. The summed E-state index contributed by atoms with van der Waals surface area (Å²) >= 11 is 0. The second-order valence-corrected chi connectivity index (χ2v) is 7.31. The van der Waals surface area contributed by atoms with Crippen LogP contribution in [0.2, 0.25) is 0 Å². The van der Waals surface area contributed by atoms with Crippen molar-refractivity contribution < 1.29 is 23.5 Å². The number of carbonyl (C=O) groups excluding carboxylic acids is 2. The van der Waals surface area contributed by atoms with Crippen LogP contribution in [0.1, 0.15) is 36.1 Å². The van der Waals surface area contributed by atoms with Crippen LogP contribution in [0.4, 0.5) is 9.18 Å². The van der Waals surface area contributed by atoms with Crippen LogP contribution >= 0.6 is 0 Å². The normalized spacial score (nSPS) is 11.6. The van der Waals surface area contributed by atoms with Gasteiger partial charge in [-0.05, 0) is 60.0 Å². The van der Waals surface area contributed by atoms with Crippen molar-refractivity contribution in [3.8, 4) is 5.75 Å². The van der Waals surface area contributed by atoms with Crippen LogP contribution in [0.3, 0.4) is 0 Å². The number of alkyl carbamates (subject to hydrolysis) is 1. The fourth-order valence-electron chi connectivity index (χ4n) is 3.11. The van der Waals surface area contributed by atoms with Crippen molar-refractivity contribution in [3.05, 3.63) is 101 Å². The van der Waals surface area contributed by atoms with E-state index in [0.29, 0.717) is 5.75 Å². The third-order valence-corrected chi connectivity index (χ3v) is 4.74. The average Bonchev–Trinajstić information content (AvgIpc) is 2.84. The topological polar surface area (TPSA) is 89.0 Å². The molecule has 0 saturated heterocycles. The molecule has 0 aliphatic carbocycles. The van der Waals surface area contributed by atoms with Crippen LogP contribution in [0, 0.1) is 5.82 Å². The molecule has 2 amide bonds. The van der Waals surface area contributed by atoms with Gasteiger partial charge in [0.05, 0.1) is 25.3 Å². The van der Waals surface area contributed by atoms with Gasteiger partial charge in [-0.1, -0.05) is 42.5 Å². The zero-order valence-corrected chi connectivity index (χ0v) is 18.7. The molecule has 1 atom stereocenters. The molecule has 0 aliphatic rings. The third-order valence-electron chi connectivity index (χ3n) is 4.74. The van der Waals surface area contributed by atoms with Crippen molar-refractivity contribution >= 4 is 18.2 Å². The molecule has 0 unspecified atom stereocenters. The first kappa shape index (κ1) is 24.4. The quantitative estimate of drug-likeness (QED) is 0.336. The van der Waals surface area contributed by atoms with Gasteiger partial charge in [0.2, 0.25) is 5.91 Å². The van der Waals surface area contributed by atoms with E-state index < -0.39 is 12.1 Å². The highest BCUT2D eigenvalue weighted by Crippen LogP contribution is 2.17. The Labute approximate surface area is 197 Å². The number of amides is 2. The SMILES string of the molecule is CCOC(=O)N[C@@H](CC(=O)N/N=C\c1ccc(OCc2cccc(F)c2)cc1)c1ccccc1. The number of carbonyl (C=O) groups is 2. The lowest BCUT2D eigenvalue weighted by Gasteiger charge is -2.18. The summed E-state index contributed by atoms with van der Waals surface area (Å²) in [6.07, 6.45) is 0.907. The summed E-state index contributed by atoms with van der Waals surface area (Å²) in [5.41, 5.74) is 4.74. The minimum absolute atomic E-state index is 0.00692. The molecule has 176 valence electrons. The van der Waals surface area contributed by atoms with Crippen molar-refractivity contribution in [1.82, 2.24) is 10.7 Å². The maximum absolute atomic E-state index is 13.2. The van der Waals surface area contributed by atoms with Gasteiger partial charge in [-0.2, -0.15) is 5.10 Å². The predicted molar refractivity (Wildman–Crippen MR) is 127 cm³/mol. The number of nitrogens with one attached hydrogen (secondary N) is 2. The van der Waals surface area contributed by atoms with Gasteiger partial charge in [0, 0.05) is 0 Å². The summed E-state index contributed by atoms with van der Waals surface area (Å²) in [6.45, 7) is 2.20. The lowest BCUT2D eigenvalue weighted by Crippen LogP contribution is -2.33. The molecule has 0 aliphatic heterocycles. The zero-order valence-electron chi connectivity index (χ0n) is 18.7. The Morgan fingerprint density at radius 2 is 1.79 bits per heavy atom. The second kappa shape index (κ2) is 12.7. The second-order valence-electron chi connectivity index (χ2n) is 7.31. The van der Waals surface area contributed by atoms with E-state index in [-0.39, 0.29) is 31.4 Å². The summed E-state index contributed by atoms with van der Waals surface area (Å²) < 4.78 is 23.8. The Hall–Kier alpha value is -4.20. The first-order valence-electron chi connectivity index (χ1n) is 10.8. The van der Waals surface area contributed by atoms with Crippen molar-refractivity contribution in [1.29, 1.82) is 0 Å². The minimum atomic E-state index is -0.590. The van der Waals surface area contributed by atoms with Gasteiger partial charge in [0.1, 0.15) is 18.2 Å².